The number of benzene rings is 2. The van der Waals surface area contributed by atoms with Gasteiger partial charge in [0.1, 0.15) is 5.75 Å². The summed E-state index contributed by atoms with van der Waals surface area (Å²) in [6, 6.07) is 12.5. The zero-order valence-corrected chi connectivity index (χ0v) is 21.5. The Morgan fingerprint density at radius 3 is 2.16 bits per heavy atom. The Hall–Kier alpha value is -2.35. The summed E-state index contributed by atoms with van der Waals surface area (Å²) < 4.78 is 5.54. The molecule has 0 aliphatic heterocycles. The fraction of sp³-hybridized carbons (Fsp3) is 0.500. The summed E-state index contributed by atoms with van der Waals surface area (Å²) in [6.45, 7) is 16.0. The lowest BCUT2D eigenvalue weighted by Crippen LogP contribution is -2.28. The van der Waals surface area contributed by atoms with Gasteiger partial charge in [0.2, 0.25) is 0 Å². The maximum absolute atomic E-state index is 13.7. The molecule has 2 nitrogen and oxygen atoms in total. The molecule has 0 spiro atoms. The van der Waals surface area contributed by atoms with Gasteiger partial charge in [-0.3, -0.25) is 4.79 Å². The molecule has 176 valence electrons. The number of aryl methyl sites for hydroxylation is 2. The molecule has 0 saturated heterocycles. The highest BCUT2D eigenvalue weighted by atomic mass is 16.5. The Bertz CT molecular complexity index is 827. The lowest BCUT2D eigenvalue weighted by Gasteiger charge is -2.30. The Morgan fingerprint density at radius 2 is 1.62 bits per heavy atom. The van der Waals surface area contributed by atoms with Crippen molar-refractivity contribution in [3.63, 3.8) is 0 Å². The van der Waals surface area contributed by atoms with E-state index in [0.717, 1.165) is 41.7 Å². The molecule has 0 amide bonds. The summed E-state index contributed by atoms with van der Waals surface area (Å²) in [5, 5.41) is 0. The van der Waals surface area contributed by atoms with Gasteiger partial charge in [-0.1, -0.05) is 89.4 Å². The van der Waals surface area contributed by atoms with E-state index in [-0.39, 0.29) is 11.7 Å². The van der Waals surface area contributed by atoms with Crippen LogP contribution in [0.2, 0.25) is 0 Å². The first-order valence-corrected chi connectivity index (χ1v) is 12.4. The third-order valence-electron chi connectivity index (χ3n) is 6.19. The zero-order chi connectivity index (χ0) is 24.1. The van der Waals surface area contributed by atoms with Crippen LogP contribution in [-0.2, 0) is 6.42 Å². The smallest absolute Gasteiger partial charge is 0.166 e. The van der Waals surface area contributed by atoms with Crippen molar-refractivity contribution in [3.8, 4) is 5.75 Å². The molecule has 1 unspecified atom stereocenters. The van der Waals surface area contributed by atoms with Crippen LogP contribution in [0, 0.1) is 25.7 Å². The number of hydrogen-bond donors (Lipinski definition) is 0. The number of ketones is 1. The van der Waals surface area contributed by atoms with Gasteiger partial charge in [0.25, 0.3) is 0 Å². The van der Waals surface area contributed by atoms with Gasteiger partial charge in [-0.15, -0.1) is 0 Å². The number of rotatable bonds is 7. The van der Waals surface area contributed by atoms with Crippen LogP contribution in [0.25, 0.3) is 6.08 Å². The maximum Gasteiger partial charge on any atom is 0.166 e. The molecule has 0 aromatic heterocycles. The van der Waals surface area contributed by atoms with Crippen LogP contribution in [0.1, 0.15) is 92.4 Å². The summed E-state index contributed by atoms with van der Waals surface area (Å²) >= 11 is 0. The molecule has 1 saturated carbocycles. The minimum absolute atomic E-state index is 0.0293. The molecule has 2 aromatic rings. The summed E-state index contributed by atoms with van der Waals surface area (Å²) in [4.78, 5) is 13.7. The van der Waals surface area contributed by atoms with Crippen molar-refractivity contribution in [1.82, 2.24) is 0 Å². The first kappa shape index (κ1) is 27.7. The summed E-state index contributed by atoms with van der Waals surface area (Å²) in [5.74, 6) is 1.48. The lowest BCUT2D eigenvalue weighted by molar-refractivity contribution is 0.0844. The second kappa shape index (κ2) is 14.7. The fourth-order valence-corrected chi connectivity index (χ4v) is 4.54. The van der Waals surface area contributed by atoms with Crippen LogP contribution in [0.15, 0.2) is 43.0 Å². The minimum Gasteiger partial charge on any atom is -0.496 e. The van der Waals surface area contributed by atoms with Crippen molar-refractivity contribution in [3.05, 3.63) is 70.8 Å². The SMILES string of the molecule is C=Cc1c(C)cc(C(=O)C(Cc2ccc(C)cc2)C2CCCCC2)cc1OC.CC.CC. The predicted octanol–water partition coefficient (Wildman–Crippen LogP) is 8.63. The number of hydrogen-bond acceptors (Lipinski definition) is 2. The van der Waals surface area contributed by atoms with Crippen LogP contribution >= 0.6 is 0 Å². The molecule has 1 aliphatic rings. The molecule has 1 atom stereocenters. The fourth-order valence-electron chi connectivity index (χ4n) is 4.54. The lowest BCUT2D eigenvalue weighted by atomic mass is 9.74. The van der Waals surface area contributed by atoms with E-state index >= 15 is 0 Å². The Labute approximate surface area is 197 Å². The normalized spacial score (nSPS) is 14.2. The summed E-state index contributed by atoms with van der Waals surface area (Å²) in [7, 11) is 1.65. The van der Waals surface area contributed by atoms with E-state index in [4.69, 9.17) is 4.74 Å². The number of Topliss-reactive ketones (excluding diaryl/α,β-unsaturated/α-hetero) is 1. The van der Waals surface area contributed by atoms with E-state index in [1.165, 1.54) is 30.4 Å². The van der Waals surface area contributed by atoms with Crippen LogP contribution in [-0.4, -0.2) is 12.9 Å². The van der Waals surface area contributed by atoms with Gasteiger partial charge in [-0.25, -0.2) is 0 Å². The minimum atomic E-state index is 0.0293. The van der Waals surface area contributed by atoms with Gasteiger partial charge in [-0.2, -0.15) is 0 Å². The molecule has 0 N–H and O–H groups in total. The highest BCUT2D eigenvalue weighted by Crippen LogP contribution is 2.35. The summed E-state index contributed by atoms with van der Waals surface area (Å²) in [6.07, 6.45) is 8.69. The Kier molecular flexibility index (Phi) is 12.7. The van der Waals surface area contributed by atoms with Gasteiger partial charge in [0.05, 0.1) is 7.11 Å². The quantitative estimate of drug-likeness (QED) is 0.406. The molecule has 1 aliphatic carbocycles. The van der Waals surface area contributed by atoms with Crippen molar-refractivity contribution in [1.29, 1.82) is 0 Å². The third kappa shape index (κ3) is 7.36. The second-order valence-corrected chi connectivity index (χ2v) is 8.17. The predicted molar refractivity (Wildman–Crippen MR) is 140 cm³/mol. The molecule has 2 heteroatoms. The first-order valence-electron chi connectivity index (χ1n) is 12.4. The molecular weight excluding hydrogens is 392 g/mol. The Morgan fingerprint density at radius 1 is 1.03 bits per heavy atom. The van der Waals surface area contributed by atoms with E-state index in [0.29, 0.717) is 5.92 Å². The molecule has 0 bridgehead atoms. The summed E-state index contributed by atoms with van der Waals surface area (Å²) in [5.41, 5.74) is 5.27. The van der Waals surface area contributed by atoms with E-state index < -0.39 is 0 Å². The third-order valence-corrected chi connectivity index (χ3v) is 6.19. The van der Waals surface area contributed by atoms with Crippen molar-refractivity contribution < 1.29 is 9.53 Å². The molecule has 3 rings (SSSR count). The van der Waals surface area contributed by atoms with Crippen LogP contribution in [0.4, 0.5) is 0 Å². The van der Waals surface area contributed by atoms with Crippen LogP contribution < -0.4 is 4.74 Å². The van der Waals surface area contributed by atoms with Gasteiger partial charge in [0.15, 0.2) is 5.78 Å². The van der Waals surface area contributed by atoms with Gasteiger partial charge >= 0.3 is 0 Å². The zero-order valence-electron chi connectivity index (χ0n) is 21.5. The highest BCUT2D eigenvalue weighted by molar-refractivity contribution is 5.99. The molecule has 2 aromatic carbocycles. The molecule has 32 heavy (non-hydrogen) atoms. The first-order chi connectivity index (χ1) is 15.5. The van der Waals surface area contributed by atoms with Gasteiger partial charge in [0, 0.05) is 17.0 Å². The average Bonchev–Trinajstić information content (AvgIpc) is 2.85. The second-order valence-electron chi connectivity index (χ2n) is 8.17. The highest BCUT2D eigenvalue weighted by Gasteiger charge is 2.31. The average molecular weight is 437 g/mol. The number of carbonyl (C=O) groups is 1. The number of carbonyl (C=O) groups excluding carboxylic acids is 1. The monoisotopic (exact) mass is 436 g/mol. The molecule has 0 radical (unpaired) electrons. The number of methoxy groups -OCH3 is 1. The van der Waals surface area contributed by atoms with Crippen molar-refractivity contribution in [2.45, 2.75) is 80.1 Å². The maximum atomic E-state index is 13.7. The van der Waals surface area contributed by atoms with Crippen LogP contribution in [0.3, 0.4) is 0 Å². The Balaban J connectivity index is 0.00000121. The van der Waals surface area contributed by atoms with Gasteiger partial charge in [-0.05, 0) is 62.3 Å². The molecular formula is C30H44O2. The van der Waals surface area contributed by atoms with E-state index in [1.807, 2.05) is 46.8 Å². The van der Waals surface area contributed by atoms with E-state index in [9.17, 15) is 4.79 Å². The standard InChI is InChI=1S/C26H32O2.2C2H6/c1-5-23-19(3)15-22(17-25(23)28-4)26(27)24(21-9-7-6-8-10-21)16-20-13-11-18(2)12-14-20;2*1-2/h5,11-15,17,21,24H,1,6-10,16H2,2-4H3;2*1-2H3. The number of ether oxygens (including phenoxy) is 1. The van der Waals surface area contributed by atoms with Crippen molar-refractivity contribution in [2.75, 3.05) is 7.11 Å². The van der Waals surface area contributed by atoms with E-state index in [1.54, 1.807) is 13.2 Å². The molecule has 0 heterocycles. The molecule has 1 fully saturated rings. The van der Waals surface area contributed by atoms with Crippen LogP contribution in [0.5, 0.6) is 5.75 Å². The van der Waals surface area contributed by atoms with Gasteiger partial charge < -0.3 is 4.74 Å². The van der Waals surface area contributed by atoms with E-state index in [2.05, 4.69) is 37.8 Å². The topological polar surface area (TPSA) is 26.3 Å². The van der Waals surface area contributed by atoms with Crippen molar-refractivity contribution >= 4 is 11.9 Å². The van der Waals surface area contributed by atoms with Crippen molar-refractivity contribution in [2.24, 2.45) is 11.8 Å². The largest absolute Gasteiger partial charge is 0.496 e.